The fourth-order valence-electron chi connectivity index (χ4n) is 2.94. The van der Waals surface area contributed by atoms with Crippen molar-refractivity contribution in [3.63, 3.8) is 0 Å². The molecule has 0 spiro atoms. The number of carbonyl (C=O) groups is 2. The van der Waals surface area contributed by atoms with Gasteiger partial charge in [0.2, 0.25) is 5.91 Å². The summed E-state index contributed by atoms with van der Waals surface area (Å²) in [5.74, 6) is -0.391. The number of amides is 3. The van der Waals surface area contributed by atoms with E-state index in [4.69, 9.17) is 5.73 Å². The Labute approximate surface area is 158 Å². The molecule has 0 fully saturated rings. The first-order chi connectivity index (χ1) is 13.1. The van der Waals surface area contributed by atoms with Crippen LogP contribution in [-0.2, 0) is 4.79 Å². The smallest absolute Gasteiger partial charge is 0.329 e. The van der Waals surface area contributed by atoms with Crippen molar-refractivity contribution in [2.24, 2.45) is 0 Å². The Balaban J connectivity index is 1.94. The number of nitrogens with two attached hydrogens (primary N) is 1. The normalized spacial score (nSPS) is 10.4. The lowest BCUT2D eigenvalue weighted by Gasteiger charge is -2.25. The Morgan fingerprint density at radius 1 is 0.852 bits per heavy atom. The second kappa shape index (κ2) is 8.19. The predicted molar refractivity (Wildman–Crippen MR) is 107 cm³/mol. The molecule has 0 aliphatic rings. The maximum atomic E-state index is 13.0. The first kappa shape index (κ1) is 18.2. The summed E-state index contributed by atoms with van der Waals surface area (Å²) in [5, 5.41) is 2.97. The van der Waals surface area contributed by atoms with Crippen LogP contribution in [0.2, 0.25) is 0 Å². The maximum Gasteiger partial charge on any atom is 0.329 e. The number of nitrogens with zero attached hydrogens (tertiary/aromatic N) is 1. The summed E-state index contributed by atoms with van der Waals surface area (Å²) in [7, 11) is 0. The van der Waals surface area contributed by atoms with Crippen LogP contribution < -0.4 is 16.0 Å². The number of rotatable bonds is 4. The van der Waals surface area contributed by atoms with Crippen molar-refractivity contribution in [2.45, 2.75) is 13.0 Å². The molecule has 5 heteroatoms. The second-order valence-electron chi connectivity index (χ2n) is 6.15. The third kappa shape index (κ3) is 4.33. The number of hydrogen-bond acceptors (Lipinski definition) is 3. The number of nitrogens with one attached hydrogen (secondary N) is 1. The predicted octanol–water partition coefficient (Wildman–Crippen LogP) is 4.12. The lowest BCUT2D eigenvalue weighted by atomic mass is 9.99. The zero-order chi connectivity index (χ0) is 19.2. The van der Waals surface area contributed by atoms with E-state index in [1.54, 1.807) is 24.3 Å². The van der Waals surface area contributed by atoms with Crippen LogP contribution in [0.25, 0.3) is 0 Å². The summed E-state index contributed by atoms with van der Waals surface area (Å²) in [4.78, 5) is 26.3. The average Bonchev–Trinajstić information content (AvgIpc) is 2.67. The van der Waals surface area contributed by atoms with Gasteiger partial charge in [0.05, 0.1) is 11.7 Å². The highest BCUT2D eigenvalue weighted by molar-refractivity contribution is 6.13. The van der Waals surface area contributed by atoms with Gasteiger partial charge in [-0.2, -0.15) is 0 Å². The van der Waals surface area contributed by atoms with Crippen molar-refractivity contribution in [3.05, 3.63) is 96.1 Å². The van der Waals surface area contributed by atoms with Crippen LogP contribution in [0.4, 0.5) is 16.2 Å². The third-order valence-corrected chi connectivity index (χ3v) is 4.18. The molecule has 5 nitrogen and oxygen atoms in total. The molecule has 0 unspecified atom stereocenters. The molecular formula is C22H21N3O2. The van der Waals surface area contributed by atoms with Crippen molar-refractivity contribution < 1.29 is 9.59 Å². The van der Waals surface area contributed by atoms with Gasteiger partial charge in [0, 0.05) is 12.6 Å². The molecular weight excluding hydrogens is 338 g/mol. The standard InChI is InChI=1S/C22H21N3O2/c1-16(26)25(20-14-8-13-19(23)15-20)22(27)24-21(17-9-4-2-5-10-17)18-11-6-3-7-12-18/h2-15,21H,23H2,1H3,(H,24,27). The minimum absolute atomic E-state index is 0.386. The number of anilines is 2. The zero-order valence-corrected chi connectivity index (χ0v) is 15.0. The summed E-state index contributed by atoms with van der Waals surface area (Å²) in [6.07, 6.45) is 0. The first-order valence-corrected chi connectivity index (χ1v) is 8.63. The van der Waals surface area contributed by atoms with E-state index in [-0.39, 0.29) is 6.04 Å². The molecule has 0 heterocycles. The van der Waals surface area contributed by atoms with Gasteiger partial charge in [0.15, 0.2) is 0 Å². The average molecular weight is 359 g/mol. The Hall–Kier alpha value is -3.60. The summed E-state index contributed by atoms with van der Waals surface area (Å²) in [5.41, 5.74) is 8.57. The fraction of sp³-hybridized carbons (Fsp3) is 0.0909. The van der Waals surface area contributed by atoms with Crippen molar-refractivity contribution in [1.29, 1.82) is 0 Å². The molecule has 0 bridgehead atoms. The molecule has 0 atom stereocenters. The van der Waals surface area contributed by atoms with Gasteiger partial charge < -0.3 is 11.1 Å². The van der Waals surface area contributed by atoms with E-state index in [0.29, 0.717) is 11.4 Å². The lowest BCUT2D eigenvalue weighted by Crippen LogP contribution is -2.44. The highest BCUT2D eigenvalue weighted by Gasteiger charge is 2.24. The molecule has 0 aliphatic heterocycles. The Kier molecular flexibility index (Phi) is 5.52. The van der Waals surface area contributed by atoms with Crippen LogP contribution in [0.3, 0.4) is 0 Å². The van der Waals surface area contributed by atoms with Crippen LogP contribution in [0, 0.1) is 0 Å². The largest absolute Gasteiger partial charge is 0.399 e. The number of imide groups is 1. The highest BCUT2D eigenvalue weighted by Crippen LogP contribution is 2.24. The van der Waals surface area contributed by atoms with E-state index in [2.05, 4.69) is 5.32 Å². The number of nitrogen functional groups attached to an aromatic ring is 1. The van der Waals surface area contributed by atoms with E-state index in [1.807, 2.05) is 60.7 Å². The molecule has 3 amide bonds. The minimum Gasteiger partial charge on any atom is -0.399 e. The first-order valence-electron chi connectivity index (χ1n) is 8.63. The van der Waals surface area contributed by atoms with E-state index >= 15 is 0 Å². The Bertz CT molecular complexity index is 887. The van der Waals surface area contributed by atoms with Crippen LogP contribution >= 0.6 is 0 Å². The SMILES string of the molecule is CC(=O)N(C(=O)NC(c1ccccc1)c1ccccc1)c1cccc(N)c1. The minimum atomic E-state index is -0.509. The number of urea groups is 1. The molecule has 3 N–H and O–H groups in total. The summed E-state index contributed by atoms with van der Waals surface area (Å²) in [6.45, 7) is 1.35. The summed E-state index contributed by atoms with van der Waals surface area (Å²) in [6, 6.07) is 25.1. The zero-order valence-electron chi connectivity index (χ0n) is 15.0. The fourth-order valence-corrected chi connectivity index (χ4v) is 2.94. The topological polar surface area (TPSA) is 75.4 Å². The Morgan fingerprint density at radius 2 is 1.41 bits per heavy atom. The van der Waals surface area contributed by atoms with Crippen molar-refractivity contribution in [3.8, 4) is 0 Å². The molecule has 3 rings (SSSR count). The monoisotopic (exact) mass is 359 g/mol. The van der Waals surface area contributed by atoms with Gasteiger partial charge in [-0.25, -0.2) is 9.69 Å². The molecule has 0 saturated heterocycles. The van der Waals surface area contributed by atoms with Crippen LogP contribution in [0.1, 0.15) is 24.1 Å². The molecule has 3 aromatic carbocycles. The van der Waals surface area contributed by atoms with Gasteiger partial charge in [-0.1, -0.05) is 66.7 Å². The number of carbonyl (C=O) groups excluding carboxylic acids is 2. The van der Waals surface area contributed by atoms with Crippen LogP contribution in [0.15, 0.2) is 84.9 Å². The van der Waals surface area contributed by atoms with Gasteiger partial charge >= 0.3 is 6.03 Å². The van der Waals surface area contributed by atoms with Crippen LogP contribution in [-0.4, -0.2) is 11.9 Å². The molecule has 0 aromatic heterocycles. The third-order valence-electron chi connectivity index (χ3n) is 4.18. The van der Waals surface area contributed by atoms with Gasteiger partial charge in [-0.3, -0.25) is 4.79 Å². The van der Waals surface area contributed by atoms with E-state index in [0.717, 1.165) is 16.0 Å². The Morgan fingerprint density at radius 3 is 1.89 bits per heavy atom. The highest BCUT2D eigenvalue weighted by atomic mass is 16.2. The molecule has 27 heavy (non-hydrogen) atoms. The molecule has 0 aliphatic carbocycles. The van der Waals surface area contributed by atoms with E-state index < -0.39 is 11.9 Å². The quantitative estimate of drug-likeness (QED) is 0.688. The van der Waals surface area contributed by atoms with Crippen molar-refractivity contribution in [2.75, 3.05) is 10.6 Å². The van der Waals surface area contributed by atoms with Gasteiger partial charge in [0.25, 0.3) is 0 Å². The van der Waals surface area contributed by atoms with Crippen molar-refractivity contribution >= 4 is 23.3 Å². The molecule has 136 valence electrons. The van der Waals surface area contributed by atoms with Gasteiger partial charge in [-0.15, -0.1) is 0 Å². The summed E-state index contributed by atoms with van der Waals surface area (Å²) >= 11 is 0. The summed E-state index contributed by atoms with van der Waals surface area (Å²) < 4.78 is 0. The van der Waals surface area contributed by atoms with E-state index in [1.165, 1.54) is 6.92 Å². The maximum absolute atomic E-state index is 13.0. The molecule has 0 radical (unpaired) electrons. The lowest BCUT2D eigenvalue weighted by molar-refractivity contribution is -0.115. The van der Waals surface area contributed by atoms with E-state index in [9.17, 15) is 9.59 Å². The van der Waals surface area contributed by atoms with Crippen LogP contribution in [0.5, 0.6) is 0 Å². The van der Waals surface area contributed by atoms with Gasteiger partial charge in [-0.05, 0) is 29.3 Å². The number of benzene rings is 3. The molecule has 3 aromatic rings. The second-order valence-corrected chi connectivity index (χ2v) is 6.15. The van der Waals surface area contributed by atoms with Crippen molar-refractivity contribution in [1.82, 2.24) is 5.32 Å². The number of hydrogen-bond donors (Lipinski definition) is 2. The molecule has 0 saturated carbocycles. The van der Waals surface area contributed by atoms with Gasteiger partial charge in [0.1, 0.15) is 0 Å².